The summed E-state index contributed by atoms with van der Waals surface area (Å²) in [5.74, 6) is -3.30. The maximum atomic E-state index is 13.7. The van der Waals surface area contributed by atoms with E-state index in [1.165, 1.54) is 25.6 Å². The number of nitrogens with one attached hydrogen (secondary N) is 1. The Labute approximate surface area is 159 Å². The summed E-state index contributed by atoms with van der Waals surface area (Å²) in [6, 6.07) is 8.13. The van der Waals surface area contributed by atoms with Gasteiger partial charge in [0.05, 0.1) is 30.8 Å². The highest BCUT2D eigenvalue weighted by Gasteiger charge is 2.18. The first kappa shape index (κ1) is 19.1. The molecular formula is C20H15F2N3O3. The molecule has 0 aliphatic heterocycles. The molecule has 8 heteroatoms. The molecule has 0 aliphatic rings. The molecule has 0 spiro atoms. The lowest BCUT2D eigenvalue weighted by atomic mass is 10.0. The Balaban J connectivity index is 1.80. The molecule has 3 aromatic rings. The second kappa shape index (κ2) is 7.91. The zero-order valence-corrected chi connectivity index (χ0v) is 15.0. The minimum absolute atomic E-state index is 0.0419. The van der Waals surface area contributed by atoms with Gasteiger partial charge >= 0.3 is 5.97 Å². The molecule has 0 saturated heterocycles. The van der Waals surface area contributed by atoms with Crippen molar-refractivity contribution in [2.45, 2.75) is 6.92 Å². The maximum Gasteiger partial charge on any atom is 0.337 e. The van der Waals surface area contributed by atoms with Gasteiger partial charge in [-0.05, 0) is 36.8 Å². The third-order valence-corrected chi connectivity index (χ3v) is 4.01. The second-order valence-electron chi connectivity index (χ2n) is 5.86. The van der Waals surface area contributed by atoms with E-state index in [2.05, 4.69) is 20.0 Å². The topological polar surface area (TPSA) is 81.2 Å². The van der Waals surface area contributed by atoms with Gasteiger partial charge in [0.1, 0.15) is 17.2 Å². The van der Waals surface area contributed by atoms with Gasteiger partial charge in [0, 0.05) is 5.56 Å². The molecule has 1 amide bonds. The quantitative estimate of drug-likeness (QED) is 0.694. The van der Waals surface area contributed by atoms with Crippen molar-refractivity contribution in [3.05, 3.63) is 77.1 Å². The first-order valence-electron chi connectivity index (χ1n) is 8.17. The number of methoxy groups -OCH3 is 1. The van der Waals surface area contributed by atoms with Gasteiger partial charge in [0.15, 0.2) is 5.82 Å². The van der Waals surface area contributed by atoms with Gasteiger partial charge < -0.3 is 10.1 Å². The van der Waals surface area contributed by atoms with Gasteiger partial charge in [-0.25, -0.2) is 18.6 Å². The van der Waals surface area contributed by atoms with Crippen LogP contribution < -0.4 is 5.32 Å². The smallest absolute Gasteiger partial charge is 0.337 e. The Morgan fingerprint density at radius 2 is 1.75 bits per heavy atom. The Morgan fingerprint density at radius 3 is 2.32 bits per heavy atom. The third kappa shape index (κ3) is 3.85. The number of rotatable bonds is 4. The molecule has 0 saturated carbocycles. The number of hydrogen-bond donors (Lipinski definition) is 1. The average molecular weight is 383 g/mol. The van der Waals surface area contributed by atoms with E-state index in [0.29, 0.717) is 11.3 Å². The fourth-order valence-corrected chi connectivity index (χ4v) is 2.62. The van der Waals surface area contributed by atoms with Gasteiger partial charge in [-0.3, -0.25) is 9.78 Å². The Kier molecular flexibility index (Phi) is 5.39. The predicted octanol–water partition coefficient (Wildman–Crippen LogP) is 3.77. The second-order valence-corrected chi connectivity index (χ2v) is 5.86. The lowest BCUT2D eigenvalue weighted by molar-refractivity contribution is 0.0600. The van der Waals surface area contributed by atoms with Crippen LogP contribution in [0.1, 0.15) is 26.3 Å². The zero-order chi connectivity index (χ0) is 20.3. The number of hydrogen-bond acceptors (Lipinski definition) is 5. The van der Waals surface area contributed by atoms with Gasteiger partial charge in [0.25, 0.3) is 5.91 Å². The summed E-state index contributed by atoms with van der Waals surface area (Å²) in [4.78, 5) is 32.0. The summed E-state index contributed by atoms with van der Waals surface area (Å²) >= 11 is 0. The van der Waals surface area contributed by atoms with Crippen LogP contribution in [0, 0.1) is 18.6 Å². The van der Waals surface area contributed by atoms with Crippen molar-refractivity contribution in [3.63, 3.8) is 0 Å². The minimum atomic E-state index is -0.969. The first-order chi connectivity index (χ1) is 13.4. The van der Waals surface area contributed by atoms with Crippen LogP contribution >= 0.6 is 0 Å². The van der Waals surface area contributed by atoms with Crippen LogP contribution in [0.5, 0.6) is 0 Å². The number of anilines is 1. The number of benzene rings is 2. The normalized spacial score (nSPS) is 10.4. The van der Waals surface area contributed by atoms with Gasteiger partial charge in [-0.1, -0.05) is 12.1 Å². The molecule has 3 rings (SSSR count). The van der Waals surface area contributed by atoms with Crippen LogP contribution in [0.2, 0.25) is 0 Å². The molecule has 1 heterocycles. The van der Waals surface area contributed by atoms with Crippen LogP contribution in [-0.2, 0) is 4.74 Å². The van der Waals surface area contributed by atoms with E-state index in [0.717, 1.165) is 23.3 Å². The van der Waals surface area contributed by atoms with Crippen molar-refractivity contribution in [2.75, 3.05) is 12.4 Å². The van der Waals surface area contributed by atoms with Crippen molar-refractivity contribution in [1.29, 1.82) is 0 Å². The molecule has 28 heavy (non-hydrogen) atoms. The lowest BCUT2D eigenvalue weighted by Crippen LogP contribution is -2.16. The number of carbonyl (C=O) groups is 2. The highest BCUT2D eigenvalue weighted by Crippen LogP contribution is 2.23. The van der Waals surface area contributed by atoms with Crippen molar-refractivity contribution in [1.82, 2.24) is 9.97 Å². The number of ether oxygens (including phenoxy) is 1. The van der Waals surface area contributed by atoms with E-state index in [9.17, 15) is 18.4 Å². The molecule has 142 valence electrons. The predicted molar refractivity (Wildman–Crippen MR) is 97.9 cm³/mol. The number of aromatic nitrogens is 2. The van der Waals surface area contributed by atoms with E-state index >= 15 is 0 Å². The number of halogens is 2. The number of carbonyl (C=O) groups excluding carboxylic acids is 2. The largest absolute Gasteiger partial charge is 0.465 e. The molecule has 0 aliphatic carbocycles. The van der Waals surface area contributed by atoms with E-state index in [1.54, 1.807) is 25.1 Å². The molecule has 6 nitrogen and oxygen atoms in total. The van der Waals surface area contributed by atoms with Crippen LogP contribution in [-0.4, -0.2) is 29.0 Å². The summed E-state index contributed by atoms with van der Waals surface area (Å²) in [5.41, 5.74) is 1.74. The van der Waals surface area contributed by atoms with Crippen molar-refractivity contribution >= 4 is 17.7 Å². The monoisotopic (exact) mass is 383 g/mol. The van der Waals surface area contributed by atoms with E-state index < -0.39 is 29.1 Å². The zero-order valence-electron chi connectivity index (χ0n) is 15.0. The highest BCUT2D eigenvalue weighted by molar-refractivity contribution is 6.04. The van der Waals surface area contributed by atoms with Crippen LogP contribution in [0.15, 0.2) is 48.8 Å². The van der Waals surface area contributed by atoms with Crippen LogP contribution in [0.25, 0.3) is 11.3 Å². The van der Waals surface area contributed by atoms with Crippen molar-refractivity contribution in [3.8, 4) is 11.3 Å². The SMILES string of the molecule is COC(=O)c1ccc(-c2cnc(NC(=O)c3c(F)cccc3F)cn2)c(C)c1. The number of aryl methyl sites for hydroxylation is 1. The standard InChI is InChI=1S/C20H15F2N3O3/c1-11-8-12(20(27)28-2)6-7-13(11)16-9-24-17(10-23-16)25-19(26)18-14(21)4-3-5-15(18)22/h3-10H,1-2H3,(H,24,25,26). The molecule has 0 atom stereocenters. The molecule has 2 aromatic carbocycles. The van der Waals surface area contributed by atoms with E-state index in [4.69, 9.17) is 0 Å². The Hall–Kier alpha value is -3.68. The molecule has 1 N–H and O–H groups in total. The Bertz CT molecular complexity index is 1030. The molecular weight excluding hydrogens is 368 g/mol. The number of amides is 1. The summed E-state index contributed by atoms with van der Waals surface area (Å²) in [7, 11) is 1.30. The molecule has 1 aromatic heterocycles. The van der Waals surface area contributed by atoms with Crippen molar-refractivity contribution < 1.29 is 23.1 Å². The van der Waals surface area contributed by atoms with Crippen LogP contribution in [0.3, 0.4) is 0 Å². The van der Waals surface area contributed by atoms with Gasteiger partial charge in [0.2, 0.25) is 0 Å². The average Bonchev–Trinajstić information content (AvgIpc) is 2.68. The maximum absolute atomic E-state index is 13.7. The molecule has 0 unspecified atom stereocenters. The van der Waals surface area contributed by atoms with E-state index in [-0.39, 0.29) is 5.82 Å². The lowest BCUT2D eigenvalue weighted by Gasteiger charge is -2.09. The molecule has 0 fully saturated rings. The van der Waals surface area contributed by atoms with E-state index in [1.807, 2.05) is 0 Å². The number of nitrogens with zero attached hydrogens (tertiary/aromatic N) is 2. The molecule has 0 bridgehead atoms. The van der Waals surface area contributed by atoms with Gasteiger partial charge in [-0.15, -0.1) is 0 Å². The number of esters is 1. The summed E-state index contributed by atoms with van der Waals surface area (Å²) in [5, 5.41) is 2.31. The summed E-state index contributed by atoms with van der Waals surface area (Å²) in [6.07, 6.45) is 2.69. The summed E-state index contributed by atoms with van der Waals surface area (Å²) < 4.78 is 32.0. The fraction of sp³-hybridized carbons (Fsp3) is 0.100. The van der Waals surface area contributed by atoms with Crippen molar-refractivity contribution in [2.24, 2.45) is 0 Å². The minimum Gasteiger partial charge on any atom is -0.465 e. The Morgan fingerprint density at radius 1 is 1.04 bits per heavy atom. The fourth-order valence-electron chi connectivity index (χ4n) is 2.62. The summed E-state index contributed by atoms with van der Waals surface area (Å²) in [6.45, 7) is 1.81. The van der Waals surface area contributed by atoms with Gasteiger partial charge in [-0.2, -0.15) is 0 Å². The third-order valence-electron chi connectivity index (χ3n) is 4.01. The highest BCUT2D eigenvalue weighted by atomic mass is 19.1. The first-order valence-corrected chi connectivity index (χ1v) is 8.17. The van der Waals surface area contributed by atoms with Crippen LogP contribution in [0.4, 0.5) is 14.6 Å². The molecule has 0 radical (unpaired) electrons.